The minimum atomic E-state index is 0.386. The zero-order chi connectivity index (χ0) is 14.5. The Labute approximate surface area is 132 Å². The molecule has 0 saturated heterocycles. The van der Waals surface area contributed by atoms with Crippen molar-refractivity contribution in [2.75, 3.05) is 6.61 Å². The molecule has 0 radical (unpaired) electrons. The molecule has 0 atom stereocenters. The molecule has 3 rings (SSSR count). The lowest BCUT2D eigenvalue weighted by molar-refractivity contribution is 0.371. The molecule has 0 fully saturated rings. The average Bonchev–Trinajstić information content (AvgIpc) is 2.52. The van der Waals surface area contributed by atoms with Crippen LogP contribution in [-0.2, 0) is 0 Å². The quantitative estimate of drug-likeness (QED) is 0.596. The lowest BCUT2D eigenvalue weighted by Gasteiger charge is -2.04. The van der Waals surface area contributed by atoms with Crippen LogP contribution >= 0.6 is 15.9 Å². The van der Waals surface area contributed by atoms with Crippen molar-refractivity contribution in [2.45, 2.75) is 0 Å². The Kier molecular flexibility index (Phi) is 4.23. The van der Waals surface area contributed by atoms with Gasteiger partial charge in [-0.25, -0.2) is 0 Å². The first kappa shape index (κ1) is 13.7. The van der Waals surface area contributed by atoms with Crippen LogP contribution in [0.15, 0.2) is 71.2 Å². The van der Waals surface area contributed by atoms with Crippen LogP contribution in [0, 0.1) is 11.8 Å². The highest BCUT2D eigenvalue weighted by atomic mass is 79.9. The van der Waals surface area contributed by atoms with Crippen LogP contribution in [0.3, 0.4) is 0 Å². The first-order valence-corrected chi connectivity index (χ1v) is 7.47. The van der Waals surface area contributed by atoms with Crippen molar-refractivity contribution in [3.8, 4) is 17.6 Å². The molecular weight excluding hydrogens is 324 g/mol. The Morgan fingerprint density at radius 3 is 2.48 bits per heavy atom. The van der Waals surface area contributed by atoms with Crippen LogP contribution in [0.4, 0.5) is 0 Å². The van der Waals surface area contributed by atoms with Gasteiger partial charge in [-0.1, -0.05) is 58.1 Å². The summed E-state index contributed by atoms with van der Waals surface area (Å²) < 4.78 is 6.76. The standard InChI is InChI=1S/C19H13BrO/c20-18-10-8-17-14-19(11-9-16(17)13-18)21-12-4-7-15-5-2-1-3-6-15/h1-3,5-6,8-11,13-14H,12H2. The van der Waals surface area contributed by atoms with Crippen LogP contribution in [0.2, 0.25) is 0 Å². The van der Waals surface area contributed by atoms with Crippen molar-refractivity contribution in [3.05, 3.63) is 76.8 Å². The largest absolute Gasteiger partial charge is 0.481 e. The van der Waals surface area contributed by atoms with Crippen LogP contribution in [-0.4, -0.2) is 6.61 Å². The first-order chi connectivity index (χ1) is 10.3. The third kappa shape index (κ3) is 3.65. The molecule has 0 unspecified atom stereocenters. The molecule has 3 aromatic rings. The smallest absolute Gasteiger partial charge is 0.149 e. The number of rotatable bonds is 2. The molecule has 0 spiro atoms. The fourth-order valence-electron chi connectivity index (χ4n) is 2.06. The summed E-state index contributed by atoms with van der Waals surface area (Å²) in [5.41, 5.74) is 1.00. The Balaban J connectivity index is 1.68. The summed E-state index contributed by atoms with van der Waals surface area (Å²) in [6.07, 6.45) is 0. The van der Waals surface area contributed by atoms with Gasteiger partial charge in [0.15, 0.2) is 0 Å². The topological polar surface area (TPSA) is 9.23 Å². The van der Waals surface area contributed by atoms with Gasteiger partial charge in [0.2, 0.25) is 0 Å². The van der Waals surface area contributed by atoms with Gasteiger partial charge in [0.1, 0.15) is 12.4 Å². The van der Waals surface area contributed by atoms with Crippen molar-refractivity contribution in [3.63, 3.8) is 0 Å². The molecule has 102 valence electrons. The zero-order valence-electron chi connectivity index (χ0n) is 11.3. The average molecular weight is 337 g/mol. The molecular formula is C19H13BrO. The van der Waals surface area contributed by atoms with Gasteiger partial charge in [-0.15, -0.1) is 0 Å². The van der Waals surface area contributed by atoms with Gasteiger partial charge in [0.25, 0.3) is 0 Å². The van der Waals surface area contributed by atoms with E-state index in [4.69, 9.17) is 4.74 Å². The molecule has 3 aromatic carbocycles. The van der Waals surface area contributed by atoms with E-state index in [0.717, 1.165) is 21.2 Å². The summed E-state index contributed by atoms with van der Waals surface area (Å²) in [6, 6.07) is 22.2. The number of benzene rings is 3. The van der Waals surface area contributed by atoms with Crippen LogP contribution in [0.1, 0.15) is 5.56 Å². The lowest BCUT2D eigenvalue weighted by Crippen LogP contribution is -1.93. The summed E-state index contributed by atoms with van der Waals surface area (Å²) in [7, 11) is 0. The van der Waals surface area contributed by atoms with E-state index in [0.29, 0.717) is 6.61 Å². The second-order valence-corrected chi connectivity index (χ2v) is 5.53. The Hall–Kier alpha value is -2.24. The summed E-state index contributed by atoms with van der Waals surface area (Å²) in [4.78, 5) is 0. The zero-order valence-corrected chi connectivity index (χ0v) is 12.9. The number of halogens is 1. The highest BCUT2D eigenvalue weighted by Crippen LogP contribution is 2.23. The molecule has 0 N–H and O–H groups in total. The van der Waals surface area contributed by atoms with Gasteiger partial charge in [0, 0.05) is 10.0 Å². The summed E-state index contributed by atoms with van der Waals surface area (Å²) in [6.45, 7) is 0.386. The second kappa shape index (κ2) is 6.47. The Bertz CT molecular complexity index is 813. The number of ether oxygens (including phenoxy) is 1. The number of hydrogen-bond donors (Lipinski definition) is 0. The molecule has 0 aliphatic heterocycles. The molecule has 0 amide bonds. The van der Waals surface area contributed by atoms with E-state index >= 15 is 0 Å². The maximum Gasteiger partial charge on any atom is 0.149 e. The van der Waals surface area contributed by atoms with Crippen molar-refractivity contribution in [2.24, 2.45) is 0 Å². The second-order valence-electron chi connectivity index (χ2n) is 4.61. The Morgan fingerprint density at radius 1 is 0.857 bits per heavy atom. The van der Waals surface area contributed by atoms with E-state index < -0.39 is 0 Å². The molecule has 0 bridgehead atoms. The minimum absolute atomic E-state index is 0.386. The van der Waals surface area contributed by atoms with E-state index in [-0.39, 0.29) is 0 Å². The van der Waals surface area contributed by atoms with Crippen molar-refractivity contribution >= 4 is 26.7 Å². The van der Waals surface area contributed by atoms with Gasteiger partial charge in [0.05, 0.1) is 0 Å². The van der Waals surface area contributed by atoms with Crippen LogP contribution < -0.4 is 4.74 Å². The monoisotopic (exact) mass is 336 g/mol. The third-order valence-electron chi connectivity index (χ3n) is 3.09. The van der Waals surface area contributed by atoms with Gasteiger partial charge in [-0.3, -0.25) is 0 Å². The number of hydrogen-bond acceptors (Lipinski definition) is 1. The van der Waals surface area contributed by atoms with Crippen molar-refractivity contribution in [1.29, 1.82) is 0 Å². The Morgan fingerprint density at radius 2 is 1.62 bits per heavy atom. The van der Waals surface area contributed by atoms with E-state index in [9.17, 15) is 0 Å². The summed E-state index contributed by atoms with van der Waals surface area (Å²) in [5, 5.41) is 2.35. The van der Waals surface area contributed by atoms with E-state index in [1.54, 1.807) is 0 Å². The third-order valence-corrected chi connectivity index (χ3v) is 3.58. The van der Waals surface area contributed by atoms with Crippen LogP contribution in [0.5, 0.6) is 5.75 Å². The fourth-order valence-corrected chi connectivity index (χ4v) is 2.44. The SMILES string of the molecule is Brc1ccc2cc(OCC#Cc3ccccc3)ccc2c1. The van der Waals surface area contributed by atoms with Crippen molar-refractivity contribution in [1.82, 2.24) is 0 Å². The molecule has 1 nitrogen and oxygen atoms in total. The van der Waals surface area contributed by atoms with Gasteiger partial charge in [-0.05, 0) is 47.2 Å². The highest BCUT2D eigenvalue weighted by Gasteiger charge is 1.97. The van der Waals surface area contributed by atoms with E-state index in [2.05, 4.69) is 46.0 Å². The summed E-state index contributed by atoms with van der Waals surface area (Å²) in [5.74, 6) is 6.95. The van der Waals surface area contributed by atoms with E-state index in [1.807, 2.05) is 48.5 Å². The predicted octanol–water partition coefficient (Wildman–Crippen LogP) is 5.03. The fraction of sp³-hybridized carbons (Fsp3) is 0.0526. The minimum Gasteiger partial charge on any atom is -0.481 e. The maximum absolute atomic E-state index is 5.68. The lowest BCUT2D eigenvalue weighted by atomic mass is 10.1. The molecule has 0 aliphatic carbocycles. The normalized spacial score (nSPS) is 9.95. The molecule has 2 heteroatoms. The van der Waals surface area contributed by atoms with Gasteiger partial charge in [-0.2, -0.15) is 0 Å². The predicted molar refractivity (Wildman–Crippen MR) is 90.5 cm³/mol. The van der Waals surface area contributed by atoms with Crippen molar-refractivity contribution < 1.29 is 4.74 Å². The highest BCUT2D eigenvalue weighted by molar-refractivity contribution is 9.10. The maximum atomic E-state index is 5.68. The van der Waals surface area contributed by atoms with E-state index in [1.165, 1.54) is 5.39 Å². The molecule has 0 saturated carbocycles. The molecule has 21 heavy (non-hydrogen) atoms. The first-order valence-electron chi connectivity index (χ1n) is 6.67. The molecule has 0 aliphatic rings. The molecule has 0 aromatic heterocycles. The molecule has 0 heterocycles. The number of fused-ring (bicyclic) bond motifs is 1. The van der Waals surface area contributed by atoms with Gasteiger partial charge < -0.3 is 4.74 Å². The van der Waals surface area contributed by atoms with Gasteiger partial charge >= 0.3 is 0 Å². The summed E-state index contributed by atoms with van der Waals surface area (Å²) >= 11 is 3.47. The van der Waals surface area contributed by atoms with Crippen LogP contribution in [0.25, 0.3) is 10.8 Å².